The number of aliphatic imine (C=N–C) groups is 1. The maximum absolute atomic E-state index is 5.84. The number of rotatable bonds is 3. The second kappa shape index (κ2) is 10.1. The van der Waals surface area contributed by atoms with Crippen LogP contribution < -0.4 is 10.2 Å². The average Bonchev–Trinajstić information content (AvgIpc) is 2.74. The normalized spacial score (nSPS) is 22.1. The molecule has 2 aliphatic heterocycles. The fourth-order valence-electron chi connectivity index (χ4n) is 4.73. The molecule has 2 fully saturated rings. The number of likely N-dealkylation sites (tertiary alicyclic amines) is 1. The summed E-state index contributed by atoms with van der Waals surface area (Å²) >= 11 is 0. The summed E-state index contributed by atoms with van der Waals surface area (Å²) in [7, 11) is 5.95. The molecule has 3 heterocycles. The quantitative estimate of drug-likeness (QED) is 0.376. The van der Waals surface area contributed by atoms with Crippen molar-refractivity contribution in [3.05, 3.63) is 35.9 Å². The zero-order chi connectivity index (χ0) is 20.3. The first-order chi connectivity index (χ1) is 14.1. The second-order valence-corrected chi connectivity index (χ2v) is 8.63. The van der Waals surface area contributed by atoms with Crippen molar-refractivity contribution in [2.45, 2.75) is 32.2 Å². The Bertz CT molecular complexity index is 874. The summed E-state index contributed by atoms with van der Waals surface area (Å²) in [5.41, 5.74) is 2.57. The SMILES string of the molecule is CN=C(NCc1cc(N(C)C)nc2ccccc12)N1CCCC2(CCCOC2)C1.I. The molecule has 1 atom stereocenters. The van der Waals surface area contributed by atoms with Gasteiger partial charge in [0.1, 0.15) is 5.82 Å². The molecule has 1 spiro atoms. The van der Waals surface area contributed by atoms with Gasteiger partial charge in [-0.1, -0.05) is 18.2 Å². The number of pyridine rings is 1. The number of ether oxygens (including phenoxy) is 1. The van der Waals surface area contributed by atoms with Crippen molar-refractivity contribution in [2.24, 2.45) is 10.4 Å². The zero-order valence-corrected chi connectivity index (χ0v) is 20.7. The molecule has 0 saturated carbocycles. The van der Waals surface area contributed by atoms with Crippen LogP contribution in [0.15, 0.2) is 35.3 Å². The van der Waals surface area contributed by atoms with E-state index in [9.17, 15) is 0 Å². The Kier molecular flexibility index (Phi) is 7.79. The highest BCUT2D eigenvalue weighted by Crippen LogP contribution is 2.37. The van der Waals surface area contributed by atoms with Gasteiger partial charge < -0.3 is 19.9 Å². The summed E-state index contributed by atoms with van der Waals surface area (Å²) in [6, 6.07) is 10.5. The van der Waals surface area contributed by atoms with Gasteiger partial charge in [-0.2, -0.15) is 0 Å². The molecule has 1 aromatic carbocycles. The summed E-state index contributed by atoms with van der Waals surface area (Å²) in [6.07, 6.45) is 4.91. The van der Waals surface area contributed by atoms with Crippen LogP contribution in [0.25, 0.3) is 10.9 Å². The van der Waals surface area contributed by atoms with Crippen LogP contribution in [0, 0.1) is 5.41 Å². The van der Waals surface area contributed by atoms with E-state index in [0.717, 1.165) is 50.1 Å². The molecule has 0 amide bonds. The van der Waals surface area contributed by atoms with Crippen molar-refractivity contribution in [2.75, 3.05) is 52.3 Å². The number of nitrogens with zero attached hydrogens (tertiary/aromatic N) is 4. The van der Waals surface area contributed by atoms with E-state index in [1.54, 1.807) is 0 Å². The van der Waals surface area contributed by atoms with Gasteiger partial charge >= 0.3 is 0 Å². The number of piperidine rings is 1. The average molecular weight is 523 g/mol. The summed E-state index contributed by atoms with van der Waals surface area (Å²) in [5, 5.41) is 4.82. The van der Waals surface area contributed by atoms with Crippen LogP contribution in [-0.4, -0.2) is 63.3 Å². The minimum Gasteiger partial charge on any atom is -0.381 e. The third-order valence-electron chi connectivity index (χ3n) is 6.26. The summed E-state index contributed by atoms with van der Waals surface area (Å²) in [4.78, 5) is 13.9. The van der Waals surface area contributed by atoms with Gasteiger partial charge in [0.2, 0.25) is 0 Å². The number of anilines is 1. The predicted octanol–water partition coefficient (Wildman–Crippen LogP) is 3.89. The van der Waals surface area contributed by atoms with E-state index in [1.165, 1.54) is 36.6 Å². The lowest BCUT2D eigenvalue weighted by molar-refractivity contribution is -0.0370. The van der Waals surface area contributed by atoms with Crippen LogP contribution in [0.4, 0.5) is 5.82 Å². The van der Waals surface area contributed by atoms with Crippen molar-refractivity contribution in [1.29, 1.82) is 0 Å². The van der Waals surface area contributed by atoms with Gasteiger partial charge in [-0.25, -0.2) is 4.98 Å². The van der Waals surface area contributed by atoms with Crippen LogP contribution in [0.2, 0.25) is 0 Å². The molecule has 7 heteroatoms. The molecular formula is C23H34IN5O. The molecule has 0 radical (unpaired) electrons. The summed E-state index contributed by atoms with van der Waals surface area (Å²) in [5.74, 6) is 1.97. The Balaban J connectivity index is 0.00000256. The lowest BCUT2D eigenvalue weighted by Gasteiger charge is -2.45. The molecule has 4 rings (SSSR count). The first-order valence-corrected chi connectivity index (χ1v) is 10.7. The highest BCUT2D eigenvalue weighted by molar-refractivity contribution is 14.0. The van der Waals surface area contributed by atoms with Gasteiger partial charge in [0.05, 0.1) is 12.1 Å². The van der Waals surface area contributed by atoms with E-state index < -0.39 is 0 Å². The van der Waals surface area contributed by atoms with Crippen molar-refractivity contribution in [3.8, 4) is 0 Å². The summed E-state index contributed by atoms with van der Waals surface area (Å²) in [6.45, 7) is 4.63. The van der Waals surface area contributed by atoms with Gasteiger partial charge in [-0.05, 0) is 43.4 Å². The number of fused-ring (bicyclic) bond motifs is 1. The van der Waals surface area contributed by atoms with Crippen molar-refractivity contribution < 1.29 is 4.74 Å². The number of nitrogens with one attached hydrogen (secondary N) is 1. The van der Waals surface area contributed by atoms with Crippen molar-refractivity contribution in [3.63, 3.8) is 0 Å². The van der Waals surface area contributed by atoms with Crippen molar-refractivity contribution in [1.82, 2.24) is 15.2 Å². The monoisotopic (exact) mass is 523 g/mol. The van der Waals surface area contributed by atoms with Crippen LogP contribution in [0.3, 0.4) is 0 Å². The highest BCUT2D eigenvalue weighted by atomic mass is 127. The molecule has 2 saturated heterocycles. The topological polar surface area (TPSA) is 53.0 Å². The van der Waals surface area contributed by atoms with Gasteiger partial charge in [0, 0.05) is 58.2 Å². The number of benzene rings is 1. The minimum absolute atomic E-state index is 0. The Hall–Kier alpha value is -1.61. The Morgan fingerprint density at radius 3 is 2.80 bits per heavy atom. The largest absolute Gasteiger partial charge is 0.381 e. The van der Waals surface area contributed by atoms with Gasteiger partial charge in [0.25, 0.3) is 0 Å². The van der Waals surface area contributed by atoms with Crippen molar-refractivity contribution >= 4 is 46.7 Å². The van der Waals surface area contributed by atoms with Gasteiger partial charge in [-0.15, -0.1) is 24.0 Å². The van der Waals surface area contributed by atoms with E-state index in [4.69, 9.17) is 9.72 Å². The molecule has 1 aromatic heterocycles. The first-order valence-electron chi connectivity index (χ1n) is 10.7. The molecule has 6 nitrogen and oxygen atoms in total. The third-order valence-corrected chi connectivity index (χ3v) is 6.26. The number of hydrogen-bond donors (Lipinski definition) is 1. The standard InChI is InChI=1S/C23H33N5O.HI/c1-24-22(28-12-6-10-23(16-28)11-7-13-29-17-23)25-15-18-14-21(27(2)3)26-20-9-5-4-8-19(18)20;/h4-5,8-9,14H,6-7,10-13,15-17H2,1-3H3,(H,24,25);1H. The minimum atomic E-state index is 0. The van der Waals surface area contributed by atoms with Crippen LogP contribution in [-0.2, 0) is 11.3 Å². The van der Waals surface area contributed by atoms with E-state index in [-0.39, 0.29) is 24.0 Å². The molecule has 30 heavy (non-hydrogen) atoms. The number of para-hydroxylation sites is 1. The summed E-state index contributed by atoms with van der Waals surface area (Å²) < 4.78 is 5.84. The molecule has 0 aliphatic carbocycles. The molecule has 1 unspecified atom stereocenters. The molecular weight excluding hydrogens is 489 g/mol. The second-order valence-electron chi connectivity index (χ2n) is 8.63. The fraction of sp³-hybridized carbons (Fsp3) is 0.565. The molecule has 2 aromatic rings. The number of hydrogen-bond acceptors (Lipinski definition) is 4. The highest BCUT2D eigenvalue weighted by Gasteiger charge is 2.38. The zero-order valence-electron chi connectivity index (χ0n) is 18.4. The number of aromatic nitrogens is 1. The molecule has 1 N–H and O–H groups in total. The first kappa shape index (κ1) is 23.1. The van der Waals surface area contributed by atoms with Gasteiger partial charge in [0.15, 0.2) is 5.96 Å². The lowest BCUT2D eigenvalue weighted by atomic mass is 9.76. The van der Waals surface area contributed by atoms with Crippen LogP contribution in [0.5, 0.6) is 0 Å². The Morgan fingerprint density at radius 1 is 1.27 bits per heavy atom. The number of halogens is 1. The van der Waals surface area contributed by atoms with E-state index >= 15 is 0 Å². The smallest absolute Gasteiger partial charge is 0.193 e. The van der Waals surface area contributed by atoms with E-state index in [0.29, 0.717) is 5.41 Å². The molecule has 0 bridgehead atoms. The predicted molar refractivity (Wildman–Crippen MR) is 135 cm³/mol. The Labute approximate surface area is 197 Å². The molecule has 164 valence electrons. The van der Waals surface area contributed by atoms with E-state index in [1.807, 2.05) is 27.2 Å². The lowest BCUT2D eigenvalue weighted by Crippen LogP contribution is -2.52. The van der Waals surface area contributed by atoms with Gasteiger partial charge in [-0.3, -0.25) is 4.99 Å². The van der Waals surface area contributed by atoms with E-state index in [2.05, 4.69) is 44.4 Å². The maximum atomic E-state index is 5.84. The Morgan fingerprint density at radius 2 is 2.07 bits per heavy atom. The third kappa shape index (κ3) is 4.99. The van der Waals surface area contributed by atoms with Crippen LogP contribution >= 0.6 is 24.0 Å². The molecule has 2 aliphatic rings. The van der Waals surface area contributed by atoms with Crippen LogP contribution in [0.1, 0.15) is 31.2 Å². The fourth-order valence-corrected chi connectivity index (χ4v) is 4.73. The maximum Gasteiger partial charge on any atom is 0.193 e. The number of guanidine groups is 1.